The van der Waals surface area contributed by atoms with Crippen molar-refractivity contribution in [2.75, 3.05) is 38.6 Å². The molecule has 1 N–H and O–H groups in total. The van der Waals surface area contributed by atoms with Gasteiger partial charge in [0.05, 0.1) is 6.54 Å². The van der Waals surface area contributed by atoms with E-state index in [-0.39, 0.29) is 5.54 Å². The minimum Gasteiger partial charge on any atom is -0.507 e. The van der Waals surface area contributed by atoms with Crippen molar-refractivity contribution in [2.24, 2.45) is 4.99 Å². The van der Waals surface area contributed by atoms with Gasteiger partial charge in [-0.2, -0.15) is 0 Å². The zero-order valence-electron chi connectivity index (χ0n) is 15.8. The Hall–Kier alpha value is -1.55. The molecular formula is C20H33N3O. The molecule has 24 heavy (non-hydrogen) atoms. The summed E-state index contributed by atoms with van der Waals surface area (Å²) in [6.07, 6.45) is 8.18. The average Bonchev–Trinajstić information content (AvgIpc) is 2.58. The Morgan fingerprint density at radius 1 is 1.12 bits per heavy atom. The summed E-state index contributed by atoms with van der Waals surface area (Å²) < 4.78 is 0. The second-order valence-corrected chi connectivity index (χ2v) is 7.06. The topological polar surface area (TPSA) is 39.1 Å². The molecule has 1 aliphatic carbocycles. The number of likely N-dealkylation sites (N-methyl/N-ethyl adjacent to an activating group) is 1. The van der Waals surface area contributed by atoms with Crippen molar-refractivity contribution in [3.05, 3.63) is 23.8 Å². The van der Waals surface area contributed by atoms with Crippen molar-refractivity contribution in [3.63, 3.8) is 0 Å². The molecule has 0 aromatic heterocycles. The highest BCUT2D eigenvalue weighted by molar-refractivity contribution is 5.84. The Balaban J connectivity index is 2.08. The number of aromatic hydroxyl groups is 1. The predicted octanol–water partition coefficient (Wildman–Crippen LogP) is 3.92. The zero-order chi connectivity index (χ0) is 17.6. The van der Waals surface area contributed by atoms with E-state index in [4.69, 9.17) is 4.99 Å². The molecule has 1 aliphatic rings. The number of rotatable bonds is 7. The Morgan fingerprint density at radius 3 is 2.33 bits per heavy atom. The third kappa shape index (κ3) is 4.29. The standard InChI is InChI=1S/C20H33N3O/c1-5-23(6-2)18-11-10-17(19(24)14-18)15-21-16-20(22(3)4)12-8-7-9-13-20/h10-11,14-15,24H,5-9,12-13,16H2,1-4H3. The molecule has 0 unspecified atom stereocenters. The molecule has 0 atom stereocenters. The first-order valence-electron chi connectivity index (χ1n) is 9.27. The van der Waals surface area contributed by atoms with Crippen molar-refractivity contribution in [1.29, 1.82) is 0 Å². The number of phenols is 1. The number of hydrogen-bond acceptors (Lipinski definition) is 4. The van der Waals surface area contributed by atoms with E-state index in [9.17, 15) is 5.11 Å². The van der Waals surface area contributed by atoms with Gasteiger partial charge in [-0.05, 0) is 52.9 Å². The van der Waals surface area contributed by atoms with E-state index in [1.165, 1.54) is 32.1 Å². The lowest BCUT2D eigenvalue weighted by Gasteiger charge is -2.41. The van der Waals surface area contributed by atoms with Crippen molar-refractivity contribution in [1.82, 2.24) is 4.90 Å². The van der Waals surface area contributed by atoms with Gasteiger partial charge in [-0.3, -0.25) is 4.99 Å². The zero-order valence-corrected chi connectivity index (χ0v) is 15.8. The van der Waals surface area contributed by atoms with Gasteiger partial charge in [0.15, 0.2) is 0 Å². The molecule has 1 aromatic carbocycles. The minimum absolute atomic E-state index is 0.186. The maximum Gasteiger partial charge on any atom is 0.126 e. The van der Waals surface area contributed by atoms with Crippen molar-refractivity contribution in [3.8, 4) is 5.75 Å². The first kappa shape index (κ1) is 18.8. The molecule has 4 nitrogen and oxygen atoms in total. The van der Waals surface area contributed by atoms with E-state index in [1.807, 2.05) is 18.3 Å². The van der Waals surface area contributed by atoms with Gasteiger partial charge in [0.1, 0.15) is 5.75 Å². The largest absolute Gasteiger partial charge is 0.507 e. The van der Waals surface area contributed by atoms with Gasteiger partial charge in [0.25, 0.3) is 0 Å². The van der Waals surface area contributed by atoms with Crippen molar-refractivity contribution in [2.45, 2.75) is 51.5 Å². The van der Waals surface area contributed by atoms with E-state index in [2.05, 4.69) is 43.8 Å². The summed E-state index contributed by atoms with van der Waals surface area (Å²) in [6, 6.07) is 5.88. The Labute approximate surface area is 147 Å². The molecular weight excluding hydrogens is 298 g/mol. The third-order valence-electron chi connectivity index (χ3n) is 5.49. The van der Waals surface area contributed by atoms with Crippen LogP contribution < -0.4 is 4.90 Å². The van der Waals surface area contributed by atoms with Crippen LogP contribution in [0.1, 0.15) is 51.5 Å². The molecule has 0 amide bonds. The summed E-state index contributed by atoms with van der Waals surface area (Å²) in [4.78, 5) is 9.26. The summed E-state index contributed by atoms with van der Waals surface area (Å²) in [5, 5.41) is 10.3. The van der Waals surface area contributed by atoms with Crippen LogP contribution in [0.3, 0.4) is 0 Å². The maximum absolute atomic E-state index is 10.3. The lowest BCUT2D eigenvalue weighted by Crippen LogP contribution is -2.48. The molecule has 134 valence electrons. The van der Waals surface area contributed by atoms with Crippen LogP contribution >= 0.6 is 0 Å². The summed E-state index contributed by atoms with van der Waals surface area (Å²) in [5.41, 5.74) is 2.05. The second kappa shape index (κ2) is 8.52. The highest BCUT2D eigenvalue weighted by atomic mass is 16.3. The predicted molar refractivity (Wildman–Crippen MR) is 104 cm³/mol. The van der Waals surface area contributed by atoms with Gasteiger partial charge in [-0.1, -0.05) is 19.3 Å². The van der Waals surface area contributed by atoms with Crippen molar-refractivity contribution >= 4 is 11.9 Å². The van der Waals surface area contributed by atoms with E-state index in [1.54, 1.807) is 0 Å². The average molecular weight is 332 g/mol. The van der Waals surface area contributed by atoms with Crippen LogP contribution in [-0.4, -0.2) is 55.5 Å². The molecule has 0 aliphatic heterocycles. The molecule has 0 bridgehead atoms. The summed E-state index contributed by atoms with van der Waals surface area (Å²) in [7, 11) is 4.33. The SMILES string of the molecule is CCN(CC)c1ccc(C=NCC2(N(C)C)CCCCC2)c(O)c1. The normalized spacial score (nSPS) is 17.5. The summed E-state index contributed by atoms with van der Waals surface area (Å²) in [5.74, 6) is 0.311. The first-order valence-corrected chi connectivity index (χ1v) is 9.27. The van der Waals surface area contributed by atoms with E-state index in [0.29, 0.717) is 5.75 Å². The summed E-state index contributed by atoms with van der Waals surface area (Å²) >= 11 is 0. The molecule has 1 aromatic rings. The van der Waals surface area contributed by atoms with Gasteiger partial charge < -0.3 is 14.9 Å². The fraction of sp³-hybridized carbons (Fsp3) is 0.650. The number of benzene rings is 1. The van der Waals surface area contributed by atoms with Gasteiger partial charge in [-0.15, -0.1) is 0 Å². The van der Waals surface area contributed by atoms with Crippen LogP contribution in [0.5, 0.6) is 5.75 Å². The van der Waals surface area contributed by atoms with Gasteiger partial charge >= 0.3 is 0 Å². The highest BCUT2D eigenvalue weighted by Crippen LogP contribution is 2.32. The summed E-state index contributed by atoms with van der Waals surface area (Å²) in [6.45, 7) is 6.93. The van der Waals surface area contributed by atoms with Crippen LogP contribution in [0.4, 0.5) is 5.69 Å². The van der Waals surface area contributed by atoms with Crippen LogP contribution in [0.15, 0.2) is 23.2 Å². The highest BCUT2D eigenvalue weighted by Gasteiger charge is 2.33. The lowest BCUT2D eigenvalue weighted by molar-refractivity contribution is 0.110. The molecule has 1 fully saturated rings. The number of phenolic OH excluding ortho intramolecular Hbond substituents is 1. The first-order chi connectivity index (χ1) is 11.5. The number of anilines is 1. The minimum atomic E-state index is 0.186. The van der Waals surface area contributed by atoms with E-state index in [0.717, 1.165) is 30.9 Å². The third-order valence-corrected chi connectivity index (χ3v) is 5.49. The fourth-order valence-corrected chi connectivity index (χ4v) is 3.70. The van der Waals surface area contributed by atoms with Gasteiger partial charge in [0.2, 0.25) is 0 Å². The van der Waals surface area contributed by atoms with Crippen LogP contribution in [0, 0.1) is 0 Å². The van der Waals surface area contributed by atoms with Crippen LogP contribution in [-0.2, 0) is 0 Å². The molecule has 4 heteroatoms. The lowest BCUT2D eigenvalue weighted by atomic mass is 9.81. The Morgan fingerprint density at radius 2 is 1.79 bits per heavy atom. The molecule has 0 radical (unpaired) electrons. The van der Waals surface area contributed by atoms with Gasteiger partial charge in [-0.25, -0.2) is 0 Å². The van der Waals surface area contributed by atoms with Crippen LogP contribution in [0.2, 0.25) is 0 Å². The molecule has 1 saturated carbocycles. The fourth-order valence-electron chi connectivity index (χ4n) is 3.70. The van der Waals surface area contributed by atoms with Crippen molar-refractivity contribution < 1.29 is 5.11 Å². The Bertz CT molecular complexity index is 544. The Kier molecular flexibility index (Phi) is 6.67. The second-order valence-electron chi connectivity index (χ2n) is 7.06. The number of nitrogens with zero attached hydrogens (tertiary/aromatic N) is 3. The molecule has 0 saturated heterocycles. The van der Waals surface area contributed by atoms with E-state index >= 15 is 0 Å². The quantitative estimate of drug-likeness (QED) is 0.770. The smallest absolute Gasteiger partial charge is 0.126 e. The van der Waals surface area contributed by atoms with E-state index < -0.39 is 0 Å². The van der Waals surface area contributed by atoms with Crippen LogP contribution in [0.25, 0.3) is 0 Å². The maximum atomic E-state index is 10.3. The molecule has 0 heterocycles. The number of aliphatic imine (C=N–C) groups is 1. The molecule has 0 spiro atoms. The number of hydrogen-bond donors (Lipinski definition) is 1. The van der Waals surface area contributed by atoms with Gasteiger partial charge in [0, 0.05) is 42.2 Å². The monoisotopic (exact) mass is 331 g/mol. The molecule has 2 rings (SSSR count).